The van der Waals surface area contributed by atoms with E-state index in [4.69, 9.17) is 5.10 Å². The van der Waals surface area contributed by atoms with Gasteiger partial charge in [0.1, 0.15) is 12.2 Å². The van der Waals surface area contributed by atoms with Crippen LogP contribution in [-0.2, 0) is 29.6 Å². The molecule has 67 heavy (non-hydrogen) atoms. The number of hydrogen-bond acceptors (Lipinski definition) is 12. The van der Waals surface area contributed by atoms with E-state index in [-0.39, 0.29) is 36.7 Å². The van der Waals surface area contributed by atoms with E-state index in [0.29, 0.717) is 80.7 Å². The van der Waals surface area contributed by atoms with Gasteiger partial charge >= 0.3 is 5.69 Å². The SMILES string of the molecule is CNc1cc(N2CCc3c(CN4CCC(N5CCC(N6CCN(c7ccc8c(c7)n(C)c(=O)n8C7CCC(=O)NC7=O)CC6)CC5)C(F)(F)C4)cccc32)nn2c(C(=O)N[C@@H]3C[C@@H]3F)cnc12. The zero-order valence-corrected chi connectivity index (χ0v) is 37.8. The molecule has 1 saturated carbocycles. The van der Waals surface area contributed by atoms with Crippen LogP contribution in [0.15, 0.2) is 53.5 Å². The zero-order valence-electron chi connectivity index (χ0n) is 37.8. The van der Waals surface area contributed by atoms with E-state index in [0.717, 1.165) is 67.0 Å². The Morgan fingerprint density at radius 2 is 1.70 bits per heavy atom. The maximum absolute atomic E-state index is 16.2. The van der Waals surface area contributed by atoms with Gasteiger partial charge in [0, 0.05) is 109 Å². The molecule has 8 heterocycles. The largest absolute Gasteiger partial charge is 0.385 e. The van der Waals surface area contributed by atoms with Crippen LogP contribution < -0.4 is 31.4 Å². The summed E-state index contributed by atoms with van der Waals surface area (Å²) in [4.78, 5) is 66.0. The van der Waals surface area contributed by atoms with Crippen molar-refractivity contribution in [2.75, 3.05) is 81.1 Å². The standard InChI is InChI=1S/C47H56F3N13O4/c1-51-34-24-41(55-63-39(25-52-43(34)63)45(66)53-33-23-32(33)48)61-17-12-31-28(4-3-5-35(31)61)26-57-14-13-40(47(49,50)27-57)60-15-10-29(11-16-60)58-18-20-59(21-19-58)30-6-7-36-38(22-30)56(2)46(67)62(36)37-8-9-42(64)54-44(37)65/h3-7,22,24-25,29,32-33,37,40,51H,8-21,23,26-27H2,1-2H3,(H,53,66)(H,54,64,65)/t32-,33+,37?,40?/m0/s1. The maximum atomic E-state index is 16.2. The van der Waals surface area contributed by atoms with E-state index < -0.39 is 42.0 Å². The Hall–Kier alpha value is -5.99. The Kier molecular flexibility index (Phi) is 11.0. The fraction of sp³-hybridized carbons (Fsp3) is 0.532. The molecule has 5 aromatic rings. The summed E-state index contributed by atoms with van der Waals surface area (Å²) in [5, 5.41) is 13.1. The lowest BCUT2D eigenvalue weighted by molar-refractivity contribution is -0.136. The van der Waals surface area contributed by atoms with Gasteiger partial charge in [-0.1, -0.05) is 12.1 Å². The first-order valence-electron chi connectivity index (χ1n) is 23.6. The Balaban J connectivity index is 0.692. The number of benzene rings is 2. The van der Waals surface area contributed by atoms with Crippen LogP contribution in [0.5, 0.6) is 0 Å². The number of fused-ring (bicyclic) bond motifs is 3. The number of piperazine rings is 1. The number of anilines is 4. The number of amides is 3. The zero-order chi connectivity index (χ0) is 46.3. The topological polar surface area (TPSA) is 161 Å². The van der Waals surface area contributed by atoms with Crippen LogP contribution in [0.25, 0.3) is 16.7 Å². The second-order valence-electron chi connectivity index (χ2n) is 19.1. The first-order valence-corrected chi connectivity index (χ1v) is 23.6. The molecule has 354 valence electrons. The van der Waals surface area contributed by atoms with Gasteiger partial charge in [-0.3, -0.25) is 43.5 Å². The third-order valence-corrected chi connectivity index (χ3v) is 15.2. The highest BCUT2D eigenvalue weighted by molar-refractivity contribution is 6.00. The van der Waals surface area contributed by atoms with Crippen LogP contribution in [-0.4, -0.2) is 152 Å². The molecule has 5 aliphatic heterocycles. The van der Waals surface area contributed by atoms with Gasteiger partial charge in [-0.25, -0.2) is 27.5 Å². The van der Waals surface area contributed by atoms with Gasteiger partial charge < -0.3 is 20.4 Å². The molecule has 20 heteroatoms. The fourth-order valence-electron chi connectivity index (χ4n) is 11.4. The van der Waals surface area contributed by atoms with Crippen LogP contribution in [0.3, 0.4) is 0 Å². The van der Waals surface area contributed by atoms with Crippen molar-refractivity contribution >= 4 is 57.3 Å². The number of imidazole rings is 2. The van der Waals surface area contributed by atoms with Crippen molar-refractivity contribution < 1.29 is 27.6 Å². The van der Waals surface area contributed by atoms with Gasteiger partial charge in [-0.15, -0.1) is 5.10 Å². The summed E-state index contributed by atoms with van der Waals surface area (Å²) >= 11 is 0. The molecule has 5 fully saturated rings. The molecule has 17 nitrogen and oxygen atoms in total. The smallest absolute Gasteiger partial charge is 0.329 e. The molecule has 3 N–H and O–H groups in total. The molecule has 3 amide bonds. The second kappa shape index (κ2) is 17.0. The number of nitrogens with zero attached hydrogens (tertiary/aromatic N) is 10. The lowest BCUT2D eigenvalue weighted by Gasteiger charge is -2.48. The van der Waals surface area contributed by atoms with E-state index in [9.17, 15) is 23.6 Å². The summed E-state index contributed by atoms with van der Waals surface area (Å²) in [5.41, 5.74) is 6.56. The lowest BCUT2D eigenvalue weighted by Crippen LogP contribution is -2.61. The lowest BCUT2D eigenvalue weighted by atomic mass is 9.93. The average Bonchev–Trinajstić information content (AvgIpc) is 3.60. The van der Waals surface area contributed by atoms with Gasteiger partial charge in [0.05, 0.1) is 41.5 Å². The van der Waals surface area contributed by atoms with Crippen LogP contribution in [0.2, 0.25) is 0 Å². The van der Waals surface area contributed by atoms with Crippen molar-refractivity contribution in [3.05, 3.63) is 76.0 Å². The van der Waals surface area contributed by atoms with E-state index in [1.54, 1.807) is 18.7 Å². The molecule has 11 rings (SSSR count). The number of nitrogens with one attached hydrogen (secondary N) is 3. The first-order chi connectivity index (χ1) is 32.3. The number of carbonyl (C=O) groups is 3. The highest BCUT2D eigenvalue weighted by Crippen LogP contribution is 2.40. The van der Waals surface area contributed by atoms with Crippen LogP contribution >= 0.6 is 0 Å². The van der Waals surface area contributed by atoms with Gasteiger partial charge in [-0.05, 0) is 67.5 Å². The molecule has 1 aliphatic carbocycles. The minimum absolute atomic E-state index is 0.190. The number of alkyl halides is 3. The maximum Gasteiger partial charge on any atom is 0.329 e. The number of rotatable bonds is 10. The number of imide groups is 1. The minimum atomic E-state index is -2.86. The summed E-state index contributed by atoms with van der Waals surface area (Å²) in [7, 11) is 3.48. The molecule has 0 bridgehead atoms. The Bertz CT molecular complexity index is 2830. The first kappa shape index (κ1) is 43.6. The Labute approximate surface area is 384 Å². The quantitative estimate of drug-likeness (QED) is 0.176. The van der Waals surface area contributed by atoms with Crippen molar-refractivity contribution in [3.63, 3.8) is 0 Å². The number of carbonyl (C=O) groups excluding carboxylic acids is 3. The Morgan fingerprint density at radius 1 is 0.910 bits per heavy atom. The van der Waals surface area contributed by atoms with E-state index in [2.05, 4.69) is 35.6 Å². The molecule has 6 aliphatic rings. The third-order valence-electron chi connectivity index (χ3n) is 15.2. The average molecular weight is 924 g/mol. The summed E-state index contributed by atoms with van der Waals surface area (Å²) in [6, 6.07) is 12.1. The number of aryl methyl sites for hydroxylation is 1. The van der Waals surface area contributed by atoms with Crippen molar-refractivity contribution in [1.29, 1.82) is 0 Å². The van der Waals surface area contributed by atoms with Crippen molar-refractivity contribution in [3.8, 4) is 0 Å². The highest BCUT2D eigenvalue weighted by atomic mass is 19.3. The summed E-state index contributed by atoms with van der Waals surface area (Å²) in [6.45, 7) is 5.91. The van der Waals surface area contributed by atoms with Crippen molar-refractivity contribution in [2.45, 2.75) is 87.8 Å². The number of piperidine rings is 3. The molecule has 0 spiro atoms. The molecule has 4 atom stereocenters. The van der Waals surface area contributed by atoms with Crippen LogP contribution in [0.4, 0.5) is 36.1 Å². The molecule has 0 radical (unpaired) electrons. The summed E-state index contributed by atoms with van der Waals surface area (Å²) in [5.74, 6) is -3.46. The number of aromatic nitrogens is 5. The van der Waals surface area contributed by atoms with Crippen molar-refractivity contribution in [1.82, 2.24) is 49.1 Å². The van der Waals surface area contributed by atoms with Crippen LogP contribution in [0, 0.1) is 0 Å². The monoisotopic (exact) mass is 923 g/mol. The highest BCUT2D eigenvalue weighted by Gasteiger charge is 2.48. The van der Waals surface area contributed by atoms with E-state index in [1.807, 2.05) is 52.3 Å². The predicted octanol–water partition coefficient (Wildman–Crippen LogP) is 3.43. The number of likely N-dealkylation sites (tertiary alicyclic amines) is 2. The van der Waals surface area contributed by atoms with Gasteiger partial charge in [0.2, 0.25) is 11.8 Å². The van der Waals surface area contributed by atoms with Crippen molar-refractivity contribution in [2.24, 2.45) is 7.05 Å². The van der Waals surface area contributed by atoms with Gasteiger partial charge in [-0.2, -0.15) is 0 Å². The van der Waals surface area contributed by atoms with E-state index >= 15 is 8.78 Å². The van der Waals surface area contributed by atoms with E-state index in [1.165, 1.54) is 15.3 Å². The summed E-state index contributed by atoms with van der Waals surface area (Å²) in [6.07, 6.45) is 4.00. The fourth-order valence-corrected chi connectivity index (χ4v) is 11.4. The molecular weight excluding hydrogens is 868 g/mol. The molecule has 3 aromatic heterocycles. The third kappa shape index (κ3) is 7.89. The van der Waals surface area contributed by atoms with Gasteiger partial charge in [0.15, 0.2) is 17.2 Å². The number of hydrogen-bond donors (Lipinski definition) is 3. The molecule has 4 saturated heterocycles. The Morgan fingerprint density at radius 3 is 2.43 bits per heavy atom. The molecular formula is C47H56F3N13O4. The molecule has 2 aromatic carbocycles. The summed E-state index contributed by atoms with van der Waals surface area (Å²) < 4.78 is 50.6. The van der Waals surface area contributed by atoms with Crippen LogP contribution in [0.1, 0.15) is 66.2 Å². The predicted molar refractivity (Wildman–Crippen MR) is 246 cm³/mol. The normalized spacial score (nSPS) is 25.2. The molecule has 2 unspecified atom stereocenters. The second-order valence-corrected chi connectivity index (χ2v) is 19.1. The number of halogens is 3. The minimum Gasteiger partial charge on any atom is -0.385 e. The van der Waals surface area contributed by atoms with Gasteiger partial charge in [0.25, 0.3) is 11.8 Å².